The Morgan fingerprint density at radius 2 is 1.81 bits per heavy atom. The van der Waals surface area contributed by atoms with E-state index in [1.807, 2.05) is 11.3 Å². The maximum Gasteiger partial charge on any atom is 0.124 e. The molecule has 0 N–H and O–H groups in total. The summed E-state index contributed by atoms with van der Waals surface area (Å²) in [6.07, 6.45) is 1.26. The van der Waals surface area contributed by atoms with Gasteiger partial charge in [0.15, 0.2) is 0 Å². The van der Waals surface area contributed by atoms with Crippen molar-refractivity contribution in [2.24, 2.45) is 0 Å². The average molecular weight is 380 g/mol. The van der Waals surface area contributed by atoms with E-state index < -0.39 is 0 Å². The number of benzene rings is 2. The summed E-state index contributed by atoms with van der Waals surface area (Å²) in [5.74, 6) is 0. The van der Waals surface area contributed by atoms with E-state index in [4.69, 9.17) is 4.98 Å². The van der Waals surface area contributed by atoms with Gasteiger partial charge in [0.1, 0.15) is 5.01 Å². The highest BCUT2D eigenvalue weighted by Crippen LogP contribution is 2.33. The fraction of sp³-hybridized carbons (Fsp3) is 0.435. The van der Waals surface area contributed by atoms with Gasteiger partial charge in [-0.25, -0.2) is 4.98 Å². The average Bonchev–Trinajstić information content (AvgIpc) is 2.88. The number of fused-ring (bicyclic) bond motifs is 1. The van der Waals surface area contributed by atoms with Gasteiger partial charge in [0.05, 0.1) is 5.69 Å². The van der Waals surface area contributed by atoms with Gasteiger partial charge in [-0.1, -0.05) is 42.5 Å². The van der Waals surface area contributed by atoms with Crippen molar-refractivity contribution in [3.05, 3.63) is 53.0 Å². The minimum atomic E-state index is 0.646. The first-order valence-electron chi connectivity index (χ1n) is 10.0. The highest BCUT2D eigenvalue weighted by Gasteiger charge is 2.19. The molecule has 0 aliphatic carbocycles. The summed E-state index contributed by atoms with van der Waals surface area (Å²) in [7, 11) is 0. The first-order chi connectivity index (χ1) is 13.1. The van der Waals surface area contributed by atoms with Gasteiger partial charge in [0.25, 0.3) is 0 Å². The summed E-state index contributed by atoms with van der Waals surface area (Å²) in [5, 5.41) is 3.73. The summed E-state index contributed by atoms with van der Waals surface area (Å²) < 4.78 is 0. The molecule has 0 saturated carbocycles. The van der Waals surface area contributed by atoms with E-state index >= 15 is 0 Å². The predicted octanol–water partition coefficient (Wildman–Crippen LogP) is 5.19. The molecule has 3 aromatic rings. The Balaban J connectivity index is 1.55. The molecule has 0 atom stereocenters. The van der Waals surface area contributed by atoms with Crippen molar-refractivity contribution >= 4 is 22.1 Å². The molecule has 142 valence electrons. The van der Waals surface area contributed by atoms with Crippen molar-refractivity contribution in [1.29, 1.82) is 0 Å². The molecular weight excluding hydrogens is 350 g/mol. The lowest BCUT2D eigenvalue weighted by atomic mass is 10.1. The van der Waals surface area contributed by atoms with Gasteiger partial charge in [0, 0.05) is 36.1 Å². The lowest BCUT2D eigenvalue weighted by molar-refractivity contribution is 0.218. The van der Waals surface area contributed by atoms with Crippen molar-refractivity contribution < 1.29 is 0 Å². The van der Waals surface area contributed by atoms with Crippen molar-refractivity contribution in [3.63, 3.8) is 0 Å². The summed E-state index contributed by atoms with van der Waals surface area (Å²) in [5.41, 5.74) is 2.45. The zero-order valence-electron chi connectivity index (χ0n) is 16.6. The molecule has 27 heavy (non-hydrogen) atoms. The lowest BCUT2D eigenvalue weighted by Crippen LogP contribution is -2.34. The molecule has 2 heterocycles. The van der Waals surface area contributed by atoms with E-state index in [2.05, 4.69) is 73.0 Å². The van der Waals surface area contributed by atoms with Crippen LogP contribution in [0.15, 0.2) is 42.5 Å². The Kier molecular flexibility index (Phi) is 5.58. The van der Waals surface area contributed by atoms with E-state index in [1.54, 1.807) is 0 Å². The molecule has 0 radical (unpaired) electrons. The number of hydrogen-bond acceptors (Lipinski definition) is 4. The number of aromatic nitrogens is 1. The molecule has 3 nitrogen and oxygen atoms in total. The van der Waals surface area contributed by atoms with Crippen molar-refractivity contribution in [2.75, 3.05) is 26.2 Å². The Morgan fingerprint density at radius 1 is 1.00 bits per heavy atom. The van der Waals surface area contributed by atoms with Crippen LogP contribution < -0.4 is 0 Å². The Labute approximate surface area is 166 Å². The molecule has 0 unspecified atom stereocenters. The molecular formula is C23H29N3S. The maximum absolute atomic E-state index is 4.94. The highest BCUT2D eigenvalue weighted by molar-refractivity contribution is 7.15. The summed E-state index contributed by atoms with van der Waals surface area (Å²) in [4.78, 5) is 11.6. The molecule has 1 aliphatic rings. The van der Waals surface area contributed by atoms with Crippen molar-refractivity contribution in [1.82, 2.24) is 14.8 Å². The molecule has 1 saturated heterocycles. The van der Waals surface area contributed by atoms with Crippen LogP contribution in [0.25, 0.3) is 21.3 Å². The zero-order chi connectivity index (χ0) is 18.8. The molecule has 2 aromatic carbocycles. The van der Waals surface area contributed by atoms with E-state index in [1.165, 1.54) is 53.0 Å². The van der Waals surface area contributed by atoms with Crippen LogP contribution in [0.4, 0.5) is 0 Å². The van der Waals surface area contributed by atoms with Gasteiger partial charge < -0.3 is 0 Å². The van der Waals surface area contributed by atoms with Crippen LogP contribution in [-0.4, -0.2) is 47.0 Å². The largest absolute Gasteiger partial charge is 0.300 e. The van der Waals surface area contributed by atoms with Crippen molar-refractivity contribution in [3.8, 4) is 10.6 Å². The Bertz CT molecular complexity index is 910. The van der Waals surface area contributed by atoms with Gasteiger partial charge in [-0.05, 0) is 51.1 Å². The van der Waals surface area contributed by atoms with Crippen LogP contribution in [0, 0.1) is 6.92 Å². The van der Waals surface area contributed by atoms with Crippen LogP contribution in [0.1, 0.15) is 30.8 Å². The second kappa shape index (κ2) is 8.09. The smallest absolute Gasteiger partial charge is 0.124 e. The first kappa shape index (κ1) is 18.6. The minimum absolute atomic E-state index is 0.646. The molecule has 0 spiro atoms. The second-order valence-electron chi connectivity index (χ2n) is 7.81. The van der Waals surface area contributed by atoms with Crippen LogP contribution in [-0.2, 0) is 6.54 Å². The standard InChI is InChI=1S/C23H29N3S/c1-17(2)26-13-7-12-25(14-15-26)16-22-18(3)24-23(27-22)21-11-6-9-19-8-4-5-10-20(19)21/h4-6,8-11,17H,7,12-16H2,1-3H3. The molecule has 1 aromatic heterocycles. The Morgan fingerprint density at radius 3 is 2.67 bits per heavy atom. The third-order valence-electron chi connectivity index (χ3n) is 5.63. The summed E-state index contributed by atoms with van der Waals surface area (Å²) in [6, 6.07) is 15.8. The number of hydrogen-bond donors (Lipinski definition) is 0. The first-order valence-corrected chi connectivity index (χ1v) is 10.8. The van der Waals surface area contributed by atoms with Gasteiger partial charge in [0.2, 0.25) is 0 Å². The summed E-state index contributed by atoms with van der Waals surface area (Å²) >= 11 is 1.87. The van der Waals surface area contributed by atoms with Crippen LogP contribution in [0.5, 0.6) is 0 Å². The summed E-state index contributed by atoms with van der Waals surface area (Å²) in [6.45, 7) is 12.5. The number of nitrogens with zero attached hydrogens (tertiary/aromatic N) is 3. The molecule has 0 bridgehead atoms. The van der Waals surface area contributed by atoms with Crippen molar-refractivity contribution in [2.45, 2.75) is 39.8 Å². The zero-order valence-corrected chi connectivity index (χ0v) is 17.4. The maximum atomic E-state index is 4.94. The normalized spacial score (nSPS) is 16.9. The van der Waals surface area contributed by atoms with E-state index in [9.17, 15) is 0 Å². The fourth-order valence-electron chi connectivity index (χ4n) is 3.97. The lowest BCUT2D eigenvalue weighted by Gasteiger charge is -2.24. The number of rotatable bonds is 4. The molecule has 0 amide bonds. The quantitative estimate of drug-likeness (QED) is 0.622. The number of aryl methyl sites for hydroxylation is 1. The minimum Gasteiger partial charge on any atom is -0.300 e. The van der Waals surface area contributed by atoms with Crippen LogP contribution in [0.2, 0.25) is 0 Å². The van der Waals surface area contributed by atoms with E-state index in [0.717, 1.165) is 18.1 Å². The van der Waals surface area contributed by atoms with Gasteiger partial charge in [-0.3, -0.25) is 9.80 Å². The SMILES string of the molecule is Cc1nc(-c2cccc3ccccc23)sc1CN1CCCN(C(C)C)CC1. The third-order valence-corrected chi connectivity index (χ3v) is 6.81. The molecule has 1 aliphatic heterocycles. The molecule has 4 heteroatoms. The topological polar surface area (TPSA) is 19.4 Å². The fourth-order valence-corrected chi connectivity index (χ4v) is 5.11. The molecule has 1 fully saturated rings. The number of thiazole rings is 1. The van der Waals surface area contributed by atoms with E-state index in [0.29, 0.717) is 6.04 Å². The van der Waals surface area contributed by atoms with Gasteiger partial charge >= 0.3 is 0 Å². The second-order valence-corrected chi connectivity index (χ2v) is 8.90. The van der Waals surface area contributed by atoms with E-state index in [-0.39, 0.29) is 0 Å². The van der Waals surface area contributed by atoms with Crippen LogP contribution >= 0.6 is 11.3 Å². The van der Waals surface area contributed by atoms with Gasteiger partial charge in [-0.15, -0.1) is 11.3 Å². The Hall–Kier alpha value is -1.75. The highest BCUT2D eigenvalue weighted by atomic mass is 32.1. The monoisotopic (exact) mass is 379 g/mol. The molecule has 4 rings (SSSR count). The van der Waals surface area contributed by atoms with Crippen LogP contribution in [0.3, 0.4) is 0 Å². The predicted molar refractivity (Wildman–Crippen MR) is 116 cm³/mol. The van der Waals surface area contributed by atoms with Gasteiger partial charge in [-0.2, -0.15) is 0 Å². The third kappa shape index (κ3) is 4.08.